The second kappa shape index (κ2) is 8.74. The molecular formula is C25H22N2O3. The number of benzene rings is 3. The molecule has 0 spiro atoms. The van der Waals surface area contributed by atoms with Crippen LogP contribution in [0.15, 0.2) is 84.9 Å². The topological polar surface area (TPSA) is 66.5 Å². The van der Waals surface area contributed by atoms with Crippen LogP contribution in [-0.4, -0.2) is 35.2 Å². The first-order valence-electron chi connectivity index (χ1n) is 9.97. The van der Waals surface area contributed by atoms with Crippen LogP contribution in [0.25, 0.3) is 0 Å². The Morgan fingerprint density at radius 1 is 0.733 bits per heavy atom. The molecule has 1 aliphatic rings. The van der Waals surface area contributed by atoms with Gasteiger partial charge in [0.15, 0.2) is 0 Å². The normalized spacial score (nSPS) is 13.8. The summed E-state index contributed by atoms with van der Waals surface area (Å²) in [6, 6.07) is 25.1. The van der Waals surface area contributed by atoms with Crippen molar-refractivity contribution in [2.45, 2.75) is 18.9 Å². The second-order valence-corrected chi connectivity index (χ2v) is 7.26. The molecule has 150 valence electrons. The molecule has 30 heavy (non-hydrogen) atoms. The minimum absolute atomic E-state index is 0.267. The van der Waals surface area contributed by atoms with E-state index in [0.717, 1.165) is 16.0 Å². The van der Waals surface area contributed by atoms with Crippen molar-refractivity contribution in [3.8, 4) is 0 Å². The van der Waals surface area contributed by atoms with E-state index >= 15 is 0 Å². The van der Waals surface area contributed by atoms with Gasteiger partial charge in [-0.2, -0.15) is 0 Å². The van der Waals surface area contributed by atoms with Gasteiger partial charge in [0.2, 0.25) is 5.91 Å². The zero-order valence-electron chi connectivity index (χ0n) is 16.5. The van der Waals surface area contributed by atoms with Gasteiger partial charge in [-0.15, -0.1) is 0 Å². The lowest BCUT2D eigenvalue weighted by atomic mass is 10.0. The van der Waals surface area contributed by atoms with Crippen LogP contribution < -0.4 is 5.32 Å². The molecule has 1 aliphatic heterocycles. The Balaban J connectivity index is 1.55. The van der Waals surface area contributed by atoms with E-state index in [4.69, 9.17) is 0 Å². The molecular weight excluding hydrogens is 376 g/mol. The lowest BCUT2D eigenvalue weighted by molar-refractivity contribution is -0.125. The molecule has 3 aromatic rings. The third kappa shape index (κ3) is 4.01. The molecule has 0 radical (unpaired) electrons. The van der Waals surface area contributed by atoms with Gasteiger partial charge in [0, 0.05) is 13.0 Å². The van der Waals surface area contributed by atoms with Gasteiger partial charge >= 0.3 is 0 Å². The van der Waals surface area contributed by atoms with Crippen molar-refractivity contribution in [3.05, 3.63) is 107 Å². The van der Waals surface area contributed by atoms with Gasteiger partial charge in [0.1, 0.15) is 6.04 Å². The standard InChI is InChI=1S/C25H22N2O3/c28-23(26-16-15-18-9-3-1-4-10-18)22(17-19-11-5-2-6-12-19)27-24(29)20-13-7-8-14-21(20)25(27)30/h1-14,22H,15-17H2,(H,26,28)/t22-/m0/s1. The predicted molar refractivity (Wildman–Crippen MR) is 114 cm³/mol. The summed E-state index contributed by atoms with van der Waals surface area (Å²) in [6.07, 6.45) is 0.941. The number of carbonyl (C=O) groups is 3. The average Bonchev–Trinajstić information content (AvgIpc) is 3.04. The molecule has 1 atom stereocenters. The fourth-order valence-electron chi connectivity index (χ4n) is 3.72. The Bertz CT molecular complexity index is 1030. The molecule has 0 fully saturated rings. The highest BCUT2D eigenvalue weighted by Gasteiger charge is 2.42. The number of nitrogens with zero attached hydrogens (tertiary/aromatic N) is 1. The summed E-state index contributed by atoms with van der Waals surface area (Å²) in [5.41, 5.74) is 2.69. The largest absolute Gasteiger partial charge is 0.354 e. The number of rotatable bonds is 7. The first-order valence-corrected chi connectivity index (χ1v) is 9.97. The van der Waals surface area contributed by atoms with E-state index in [9.17, 15) is 14.4 Å². The molecule has 0 saturated heterocycles. The molecule has 1 N–H and O–H groups in total. The van der Waals surface area contributed by atoms with E-state index in [1.165, 1.54) is 0 Å². The molecule has 0 aliphatic carbocycles. The molecule has 0 saturated carbocycles. The second-order valence-electron chi connectivity index (χ2n) is 7.26. The summed E-state index contributed by atoms with van der Waals surface area (Å²) >= 11 is 0. The first-order chi connectivity index (χ1) is 14.6. The van der Waals surface area contributed by atoms with E-state index in [1.807, 2.05) is 60.7 Å². The number of imide groups is 1. The highest BCUT2D eigenvalue weighted by molar-refractivity contribution is 6.22. The smallest absolute Gasteiger partial charge is 0.262 e. The number of hydrogen-bond donors (Lipinski definition) is 1. The quantitative estimate of drug-likeness (QED) is 0.622. The molecule has 3 aromatic carbocycles. The Labute approximate surface area is 175 Å². The maximum atomic E-state index is 13.1. The molecule has 1 heterocycles. The summed E-state index contributed by atoms with van der Waals surface area (Å²) in [5, 5.41) is 2.91. The van der Waals surface area contributed by atoms with Crippen LogP contribution in [0.2, 0.25) is 0 Å². The van der Waals surface area contributed by atoms with E-state index < -0.39 is 17.9 Å². The molecule has 3 amide bonds. The first kappa shape index (κ1) is 19.6. The summed E-state index contributed by atoms with van der Waals surface area (Å²) in [5.74, 6) is -1.17. The van der Waals surface area contributed by atoms with Crippen LogP contribution in [0, 0.1) is 0 Å². The number of carbonyl (C=O) groups excluding carboxylic acids is 3. The molecule has 5 nitrogen and oxygen atoms in total. The van der Waals surface area contributed by atoms with E-state index in [-0.39, 0.29) is 12.3 Å². The van der Waals surface area contributed by atoms with Crippen LogP contribution >= 0.6 is 0 Å². The summed E-state index contributed by atoms with van der Waals surface area (Å²) in [6.45, 7) is 0.428. The van der Waals surface area contributed by atoms with E-state index in [0.29, 0.717) is 24.1 Å². The van der Waals surface area contributed by atoms with Crippen molar-refractivity contribution >= 4 is 17.7 Å². The van der Waals surface area contributed by atoms with E-state index in [1.54, 1.807) is 24.3 Å². The third-order valence-electron chi connectivity index (χ3n) is 5.27. The van der Waals surface area contributed by atoms with Gasteiger partial charge < -0.3 is 5.32 Å². The van der Waals surface area contributed by atoms with Crippen LogP contribution in [0.4, 0.5) is 0 Å². The Hall–Kier alpha value is -3.73. The summed E-state index contributed by atoms with van der Waals surface area (Å²) in [7, 11) is 0. The highest BCUT2D eigenvalue weighted by Crippen LogP contribution is 2.26. The van der Waals surface area contributed by atoms with Gasteiger partial charge in [-0.1, -0.05) is 72.8 Å². The van der Waals surface area contributed by atoms with Crippen LogP contribution in [0.5, 0.6) is 0 Å². The maximum Gasteiger partial charge on any atom is 0.262 e. The molecule has 0 bridgehead atoms. The maximum absolute atomic E-state index is 13.1. The summed E-state index contributed by atoms with van der Waals surface area (Å²) < 4.78 is 0. The minimum Gasteiger partial charge on any atom is -0.354 e. The lowest BCUT2D eigenvalue weighted by Crippen LogP contribution is -2.51. The van der Waals surface area contributed by atoms with Gasteiger partial charge in [-0.3, -0.25) is 19.3 Å². The van der Waals surface area contributed by atoms with Crippen molar-refractivity contribution < 1.29 is 14.4 Å². The van der Waals surface area contributed by atoms with Crippen LogP contribution in [0.1, 0.15) is 31.8 Å². The Morgan fingerprint density at radius 2 is 1.23 bits per heavy atom. The van der Waals surface area contributed by atoms with Gasteiger partial charge in [-0.05, 0) is 29.7 Å². The molecule has 4 rings (SSSR count). The summed E-state index contributed by atoms with van der Waals surface area (Å²) in [4.78, 5) is 40.1. The zero-order chi connectivity index (χ0) is 20.9. The Morgan fingerprint density at radius 3 is 1.80 bits per heavy atom. The van der Waals surface area contributed by atoms with Crippen molar-refractivity contribution in [1.29, 1.82) is 0 Å². The van der Waals surface area contributed by atoms with Crippen molar-refractivity contribution in [3.63, 3.8) is 0 Å². The number of fused-ring (bicyclic) bond motifs is 1. The van der Waals surface area contributed by atoms with Crippen LogP contribution in [0.3, 0.4) is 0 Å². The lowest BCUT2D eigenvalue weighted by Gasteiger charge is -2.25. The average molecular weight is 398 g/mol. The van der Waals surface area contributed by atoms with Crippen molar-refractivity contribution in [1.82, 2.24) is 10.2 Å². The van der Waals surface area contributed by atoms with Gasteiger partial charge in [0.25, 0.3) is 11.8 Å². The number of nitrogens with one attached hydrogen (secondary N) is 1. The minimum atomic E-state index is -0.907. The van der Waals surface area contributed by atoms with Crippen LogP contribution in [-0.2, 0) is 17.6 Å². The van der Waals surface area contributed by atoms with Crippen molar-refractivity contribution in [2.75, 3.05) is 6.54 Å². The highest BCUT2D eigenvalue weighted by atomic mass is 16.2. The van der Waals surface area contributed by atoms with Gasteiger partial charge in [-0.25, -0.2) is 0 Å². The zero-order valence-corrected chi connectivity index (χ0v) is 16.5. The van der Waals surface area contributed by atoms with Crippen molar-refractivity contribution in [2.24, 2.45) is 0 Å². The fourth-order valence-corrected chi connectivity index (χ4v) is 3.72. The van der Waals surface area contributed by atoms with E-state index in [2.05, 4.69) is 5.32 Å². The molecule has 0 unspecified atom stereocenters. The fraction of sp³-hybridized carbons (Fsp3) is 0.160. The Kier molecular flexibility index (Phi) is 5.70. The third-order valence-corrected chi connectivity index (χ3v) is 5.27. The monoisotopic (exact) mass is 398 g/mol. The van der Waals surface area contributed by atoms with Gasteiger partial charge in [0.05, 0.1) is 11.1 Å². The predicted octanol–water partition coefficient (Wildman–Crippen LogP) is 3.25. The SMILES string of the molecule is O=C(NCCc1ccccc1)[C@H](Cc1ccccc1)N1C(=O)c2ccccc2C1=O. The molecule has 5 heteroatoms. The number of amides is 3. The number of hydrogen-bond acceptors (Lipinski definition) is 3. The molecule has 0 aromatic heterocycles.